The van der Waals surface area contributed by atoms with Crippen molar-refractivity contribution in [3.05, 3.63) is 23.8 Å². The molecule has 34 heavy (non-hydrogen) atoms. The third kappa shape index (κ3) is 10.6. The van der Waals surface area contributed by atoms with Crippen molar-refractivity contribution in [2.75, 3.05) is 46.0 Å². The lowest BCUT2D eigenvalue weighted by Gasteiger charge is -2.25. The van der Waals surface area contributed by atoms with Gasteiger partial charge in [0.1, 0.15) is 24.7 Å². The Morgan fingerprint density at radius 2 is 1.85 bits per heavy atom. The summed E-state index contributed by atoms with van der Waals surface area (Å²) in [6.07, 6.45) is 2.11. The van der Waals surface area contributed by atoms with Gasteiger partial charge in [0.25, 0.3) is 5.91 Å². The number of hydrogen-bond acceptors (Lipinski definition) is 6. The maximum absolute atomic E-state index is 12.8. The number of hydrogen-bond donors (Lipinski definition) is 2. The Labute approximate surface area is 204 Å². The van der Waals surface area contributed by atoms with Crippen molar-refractivity contribution in [3.8, 4) is 11.5 Å². The van der Waals surface area contributed by atoms with Gasteiger partial charge >= 0.3 is 6.18 Å². The van der Waals surface area contributed by atoms with Crippen LogP contribution in [0, 0.1) is 0 Å². The van der Waals surface area contributed by atoms with E-state index >= 15 is 0 Å². The fraction of sp³-hybridized carbons (Fsp3) is 0.682. The maximum atomic E-state index is 12.8. The Morgan fingerprint density at radius 3 is 2.53 bits per heavy atom. The van der Waals surface area contributed by atoms with Crippen molar-refractivity contribution in [1.82, 2.24) is 15.7 Å². The molecule has 1 aromatic carbocycles. The number of rotatable bonds is 10. The van der Waals surface area contributed by atoms with E-state index in [0.717, 1.165) is 51.7 Å². The number of carbonyl (C=O) groups is 1. The second-order valence-corrected chi connectivity index (χ2v) is 8.09. The quantitative estimate of drug-likeness (QED) is 0.466. The van der Waals surface area contributed by atoms with Crippen LogP contribution in [0.1, 0.15) is 48.9 Å². The van der Waals surface area contributed by atoms with E-state index < -0.39 is 18.7 Å². The minimum absolute atomic E-state index is 0. The number of carbonyl (C=O) groups excluding carboxylic acids is 1. The largest absolute Gasteiger partial charge is 0.490 e. The van der Waals surface area contributed by atoms with Crippen LogP contribution in [0.4, 0.5) is 13.2 Å². The van der Waals surface area contributed by atoms with Crippen LogP contribution >= 0.6 is 12.4 Å². The molecular weight excluding hydrogens is 479 g/mol. The van der Waals surface area contributed by atoms with E-state index in [1.54, 1.807) is 0 Å². The van der Waals surface area contributed by atoms with Gasteiger partial charge in [0.05, 0.1) is 5.56 Å². The molecule has 2 fully saturated rings. The fourth-order valence-electron chi connectivity index (χ4n) is 3.79. The molecule has 8 nitrogen and oxygen atoms in total. The topological polar surface area (TPSA) is 104 Å². The minimum Gasteiger partial charge on any atom is -0.490 e. The third-order valence-electron chi connectivity index (χ3n) is 5.45. The van der Waals surface area contributed by atoms with Crippen LogP contribution in [-0.2, 0) is 4.84 Å². The van der Waals surface area contributed by atoms with Gasteiger partial charge in [0.2, 0.25) is 0 Å². The van der Waals surface area contributed by atoms with E-state index in [0.29, 0.717) is 13.2 Å². The van der Waals surface area contributed by atoms with Crippen molar-refractivity contribution in [1.29, 1.82) is 0 Å². The summed E-state index contributed by atoms with van der Waals surface area (Å²) in [6.45, 7) is 2.21. The third-order valence-corrected chi connectivity index (χ3v) is 5.45. The first-order chi connectivity index (χ1) is 15.4. The molecule has 0 spiro atoms. The van der Waals surface area contributed by atoms with Gasteiger partial charge in [-0.1, -0.05) is 12.8 Å². The zero-order valence-electron chi connectivity index (χ0n) is 19.1. The molecule has 1 amide bonds. The van der Waals surface area contributed by atoms with Crippen molar-refractivity contribution in [2.45, 2.75) is 50.7 Å². The number of nitrogens with one attached hydrogen (secondary N) is 2. The average Bonchev–Trinajstić information content (AvgIpc) is 2.80. The van der Waals surface area contributed by atoms with Crippen LogP contribution in [-0.4, -0.2) is 74.7 Å². The van der Waals surface area contributed by atoms with Crippen LogP contribution in [0.5, 0.6) is 11.5 Å². The highest BCUT2D eigenvalue weighted by Gasteiger charge is 2.28. The molecule has 196 valence electrons. The molecule has 2 heterocycles. The van der Waals surface area contributed by atoms with E-state index in [4.69, 9.17) is 14.3 Å². The Morgan fingerprint density at radius 1 is 1.09 bits per heavy atom. The van der Waals surface area contributed by atoms with E-state index in [-0.39, 0.29) is 47.6 Å². The van der Waals surface area contributed by atoms with Crippen LogP contribution in [0.3, 0.4) is 0 Å². The van der Waals surface area contributed by atoms with Crippen molar-refractivity contribution in [2.24, 2.45) is 0 Å². The molecule has 2 aliphatic rings. The summed E-state index contributed by atoms with van der Waals surface area (Å²) in [7, 11) is 0. The van der Waals surface area contributed by atoms with Gasteiger partial charge in [0.15, 0.2) is 6.61 Å². The predicted molar refractivity (Wildman–Crippen MR) is 124 cm³/mol. The first-order valence-electron chi connectivity index (χ1n) is 11.3. The summed E-state index contributed by atoms with van der Waals surface area (Å²) in [5.41, 5.74) is 0.137. The lowest BCUT2D eigenvalue weighted by Crippen LogP contribution is -2.43. The van der Waals surface area contributed by atoms with Crippen molar-refractivity contribution < 1.29 is 37.8 Å². The molecule has 4 N–H and O–H groups in total. The lowest BCUT2D eigenvalue weighted by atomic mass is 10.0. The second kappa shape index (κ2) is 15.3. The Kier molecular flexibility index (Phi) is 13.6. The summed E-state index contributed by atoms with van der Waals surface area (Å²) in [4.78, 5) is 18.5. The first kappa shape index (κ1) is 30.2. The maximum Gasteiger partial charge on any atom is 0.422 e. The van der Waals surface area contributed by atoms with E-state index in [1.807, 2.05) is 5.06 Å². The molecular formula is C22H35ClF3N3O5. The molecule has 1 aromatic rings. The normalized spacial score (nSPS) is 18.9. The van der Waals surface area contributed by atoms with Gasteiger partial charge < -0.3 is 25.6 Å². The second-order valence-electron chi connectivity index (χ2n) is 8.09. The number of nitrogens with zero attached hydrogens (tertiary/aromatic N) is 1. The molecule has 1 unspecified atom stereocenters. The van der Waals surface area contributed by atoms with E-state index in [1.165, 1.54) is 24.6 Å². The van der Waals surface area contributed by atoms with Gasteiger partial charge in [-0.2, -0.15) is 18.2 Å². The molecule has 0 aromatic heterocycles. The number of halogens is 4. The minimum atomic E-state index is -4.46. The number of ether oxygens (including phenoxy) is 2. The lowest BCUT2D eigenvalue weighted by molar-refractivity contribution is -0.172. The highest BCUT2D eigenvalue weighted by Crippen LogP contribution is 2.26. The highest BCUT2D eigenvalue weighted by molar-refractivity contribution is 5.97. The molecule has 2 saturated heterocycles. The van der Waals surface area contributed by atoms with Gasteiger partial charge in [-0.05, 0) is 50.4 Å². The zero-order chi connectivity index (χ0) is 22.8. The van der Waals surface area contributed by atoms with Crippen molar-refractivity contribution >= 4 is 18.3 Å². The van der Waals surface area contributed by atoms with E-state index in [9.17, 15) is 18.0 Å². The molecule has 1 atom stereocenters. The summed E-state index contributed by atoms with van der Waals surface area (Å²) in [5, 5.41) is 8.11. The molecule has 12 heteroatoms. The molecule has 0 aliphatic carbocycles. The number of benzene rings is 1. The molecule has 0 saturated carbocycles. The Balaban J connectivity index is 0.00000289. The summed E-state index contributed by atoms with van der Waals surface area (Å²) in [5.74, 6) is -0.178. The van der Waals surface area contributed by atoms with Crippen LogP contribution < -0.4 is 20.1 Å². The molecule has 2 aliphatic heterocycles. The number of hydroxylamine groups is 2. The van der Waals surface area contributed by atoms with Gasteiger partial charge in [-0.3, -0.25) is 9.63 Å². The molecule has 0 radical (unpaired) electrons. The summed E-state index contributed by atoms with van der Waals surface area (Å²) in [6, 6.07) is 4.29. The van der Waals surface area contributed by atoms with Crippen LogP contribution in [0.25, 0.3) is 0 Å². The van der Waals surface area contributed by atoms with Crippen molar-refractivity contribution in [3.63, 3.8) is 0 Å². The fourth-order valence-corrected chi connectivity index (χ4v) is 3.79. The highest BCUT2D eigenvalue weighted by atomic mass is 35.5. The Bertz CT molecular complexity index is 730. The SMILES string of the molecule is Cl.O.O=C(NCC1CCCCN1)c1cc(OCC(F)(F)F)ccc1OCCON1CCCCC1. The monoisotopic (exact) mass is 513 g/mol. The standard InChI is InChI=1S/C22H32F3N3O4.ClH.H2O/c23-22(24,25)16-31-18-7-8-20(30-12-13-32-28-10-4-1-5-11-28)19(14-18)21(29)27-15-17-6-2-3-9-26-17;;/h7-8,14,17,26H,1-6,9-13,15-16H2,(H,27,29);1H;1H2. The predicted octanol–water partition coefficient (Wildman–Crippen LogP) is 2.89. The van der Waals surface area contributed by atoms with Gasteiger partial charge in [0, 0.05) is 25.7 Å². The number of piperidine rings is 2. The zero-order valence-corrected chi connectivity index (χ0v) is 19.9. The van der Waals surface area contributed by atoms with Gasteiger partial charge in [-0.25, -0.2) is 0 Å². The summed E-state index contributed by atoms with van der Waals surface area (Å²) >= 11 is 0. The molecule has 0 bridgehead atoms. The van der Waals surface area contributed by atoms with Crippen LogP contribution in [0.2, 0.25) is 0 Å². The van der Waals surface area contributed by atoms with E-state index in [2.05, 4.69) is 10.6 Å². The first-order valence-corrected chi connectivity index (χ1v) is 11.3. The molecule has 3 rings (SSSR count). The number of amides is 1. The van der Waals surface area contributed by atoms with Gasteiger partial charge in [-0.15, -0.1) is 12.4 Å². The summed E-state index contributed by atoms with van der Waals surface area (Å²) < 4.78 is 48.1. The average molecular weight is 514 g/mol. The van der Waals surface area contributed by atoms with Crippen LogP contribution in [0.15, 0.2) is 18.2 Å². The smallest absolute Gasteiger partial charge is 0.422 e. The Hall–Kier alpha value is -1.79. The number of alkyl halides is 3.